The van der Waals surface area contributed by atoms with Gasteiger partial charge in [-0.05, 0) is 65.4 Å². The minimum atomic E-state index is -0.407. The molecule has 0 saturated carbocycles. The second-order valence-corrected chi connectivity index (χ2v) is 9.10. The van der Waals surface area contributed by atoms with E-state index in [-0.39, 0.29) is 12.3 Å². The van der Waals surface area contributed by atoms with Crippen molar-refractivity contribution in [1.82, 2.24) is 0 Å². The highest BCUT2D eigenvalue weighted by molar-refractivity contribution is 7.99. The Morgan fingerprint density at radius 1 is 1.00 bits per heavy atom. The molecule has 1 amide bonds. The van der Waals surface area contributed by atoms with Crippen LogP contribution in [0.3, 0.4) is 0 Å². The van der Waals surface area contributed by atoms with Gasteiger partial charge in [-0.3, -0.25) is 4.79 Å². The van der Waals surface area contributed by atoms with Crippen molar-refractivity contribution in [3.8, 4) is 28.7 Å². The van der Waals surface area contributed by atoms with E-state index in [4.69, 9.17) is 10.00 Å². The average molecular weight is 483 g/mol. The zero-order chi connectivity index (χ0) is 24.6. The first-order valence-corrected chi connectivity index (χ1v) is 12.1. The Kier molecular flexibility index (Phi) is 7.81. The molecule has 0 saturated heterocycles. The van der Waals surface area contributed by atoms with Crippen LogP contribution in [0.15, 0.2) is 95.9 Å². The Morgan fingerprint density at radius 3 is 2.46 bits per heavy atom. The first-order chi connectivity index (χ1) is 17.0. The van der Waals surface area contributed by atoms with E-state index < -0.39 is 5.82 Å². The molecule has 0 unspecified atom stereocenters. The molecular weight excluding hydrogens is 459 g/mol. The van der Waals surface area contributed by atoms with Gasteiger partial charge in [0.05, 0.1) is 18.1 Å². The van der Waals surface area contributed by atoms with Crippen molar-refractivity contribution in [3.05, 3.63) is 108 Å². The number of amides is 1. The summed E-state index contributed by atoms with van der Waals surface area (Å²) < 4.78 is 19.8. The number of carbonyl (C=O) groups is 1. The minimum absolute atomic E-state index is 0.149. The number of ether oxygens (including phenoxy) is 1. The highest BCUT2D eigenvalue weighted by Gasteiger charge is 2.12. The number of nitrogens with one attached hydrogen (secondary N) is 1. The Hall–Kier alpha value is -4.08. The fraction of sp³-hybridized carbons (Fsp3) is 0.103. The van der Waals surface area contributed by atoms with Gasteiger partial charge < -0.3 is 10.1 Å². The number of nitrogens with zero attached hydrogens (tertiary/aromatic N) is 1. The van der Waals surface area contributed by atoms with E-state index in [9.17, 15) is 9.18 Å². The van der Waals surface area contributed by atoms with E-state index in [1.165, 1.54) is 17.0 Å². The average Bonchev–Trinajstić information content (AvgIpc) is 2.86. The van der Waals surface area contributed by atoms with Crippen LogP contribution in [0.5, 0.6) is 11.5 Å². The van der Waals surface area contributed by atoms with Crippen LogP contribution in [-0.2, 0) is 11.2 Å². The molecule has 0 radical (unpaired) electrons. The topological polar surface area (TPSA) is 62.1 Å². The third-order valence-corrected chi connectivity index (χ3v) is 6.11. The molecule has 0 heterocycles. The van der Waals surface area contributed by atoms with Crippen LogP contribution in [0.1, 0.15) is 18.1 Å². The maximum absolute atomic E-state index is 13.7. The van der Waals surface area contributed by atoms with Crippen LogP contribution < -0.4 is 10.1 Å². The van der Waals surface area contributed by atoms with Crippen LogP contribution >= 0.6 is 11.8 Å². The van der Waals surface area contributed by atoms with Crippen molar-refractivity contribution in [2.24, 2.45) is 0 Å². The lowest BCUT2D eigenvalue weighted by Crippen LogP contribution is -2.14. The molecule has 4 aromatic carbocycles. The lowest BCUT2D eigenvalue weighted by molar-refractivity contribution is -0.115. The van der Waals surface area contributed by atoms with Crippen LogP contribution in [0.4, 0.5) is 10.1 Å². The normalized spacial score (nSPS) is 10.4. The van der Waals surface area contributed by atoms with Gasteiger partial charge in [0.1, 0.15) is 17.3 Å². The molecule has 0 atom stereocenters. The third kappa shape index (κ3) is 6.50. The Labute approximate surface area is 208 Å². The van der Waals surface area contributed by atoms with Crippen molar-refractivity contribution in [2.75, 3.05) is 11.1 Å². The molecule has 35 heavy (non-hydrogen) atoms. The Balaban J connectivity index is 1.57. The van der Waals surface area contributed by atoms with Crippen LogP contribution in [0.25, 0.3) is 11.1 Å². The fourth-order valence-electron chi connectivity index (χ4n) is 3.57. The van der Waals surface area contributed by atoms with Gasteiger partial charge in [0, 0.05) is 28.3 Å². The van der Waals surface area contributed by atoms with Gasteiger partial charge >= 0.3 is 0 Å². The number of carbonyl (C=O) groups excluding carboxylic acids is 1. The third-order valence-electron chi connectivity index (χ3n) is 5.21. The number of hydrogen-bond donors (Lipinski definition) is 1. The molecule has 0 aliphatic heterocycles. The summed E-state index contributed by atoms with van der Waals surface area (Å²) in [5.74, 6) is 1.24. The number of thioether (sulfide) groups is 1. The first-order valence-electron chi connectivity index (χ1n) is 11.1. The summed E-state index contributed by atoms with van der Waals surface area (Å²) in [7, 11) is 0. The van der Waals surface area contributed by atoms with Crippen LogP contribution in [-0.4, -0.2) is 11.7 Å². The van der Waals surface area contributed by atoms with Gasteiger partial charge in [-0.15, -0.1) is 11.8 Å². The second kappa shape index (κ2) is 11.4. The summed E-state index contributed by atoms with van der Waals surface area (Å²) in [6, 6.07) is 28.4. The van der Waals surface area contributed by atoms with Crippen molar-refractivity contribution in [1.29, 1.82) is 5.26 Å². The van der Waals surface area contributed by atoms with Crippen molar-refractivity contribution in [2.45, 2.75) is 18.2 Å². The SMILES string of the molecule is CCSc1ccc(CC(=O)Nc2ccc(-c3ccc(C#N)cc3)c(Oc3cccc(F)c3)c2)cc1. The maximum Gasteiger partial charge on any atom is 0.228 e. The van der Waals surface area contributed by atoms with Gasteiger partial charge in [-0.1, -0.05) is 37.3 Å². The molecule has 1 N–H and O–H groups in total. The molecule has 0 fully saturated rings. The summed E-state index contributed by atoms with van der Waals surface area (Å²) in [5, 5.41) is 12.0. The first kappa shape index (κ1) is 24.1. The van der Waals surface area contributed by atoms with E-state index in [0.717, 1.165) is 22.4 Å². The van der Waals surface area contributed by atoms with Crippen molar-refractivity contribution < 1.29 is 13.9 Å². The molecule has 0 aliphatic carbocycles. The predicted octanol–water partition coefficient (Wildman–Crippen LogP) is 7.45. The highest BCUT2D eigenvalue weighted by atomic mass is 32.2. The number of nitriles is 1. The molecule has 4 rings (SSSR count). The molecule has 174 valence electrons. The minimum Gasteiger partial charge on any atom is -0.457 e. The van der Waals surface area contributed by atoms with Gasteiger partial charge in [-0.25, -0.2) is 4.39 Å². The van der Waals surface area contributed by atoms with E-state index in [1.807, 2.05) is 42.5 Å². The monoisotopic (exact) mass is 482 g/mol. The number of anilines is 1. The second-order valence-electron chi connectivity index (χ2n) is 7.76. The molecular formula is C29H23FN2O2S. The lowest BCUT2D eigenvalue weighted by atomic mass is 10.0. The standard InChI is InChI=1S/C29H23FN2O2S/c1-2-35-26-13-8-20(9-14-26)16-29(33)32-24-12-15-27(22-10-6-21(19-31)7-11-22)28(18-24)34-25-5-3-4-23(30)17-25/h3-15,17-18H,2,16H2,1H3,(H,32,33). The van der Waals surface area contributed by atoms with E-state index in [2.05, 4.69) is 18.3 Å². The molecule has 0 spiro atoms. The fourth-order valence-corrected chi connectivity index (χ4v) is 4.23. The summed E-state index contributed by atoms with van der Waals surface area (Å²) in [5.41, 5.74) is 3.62. The Bertz CT molecular complexity index is 1360. The quantitative estimate of drug-likeness (QED) is 0.265. The lowest BCUT2D eigenvalue weighted by Gasteiger charge is -2.14. The molecule has 4 nitrogen and oxygen atoms in total. The van der Waals surface area contributed by atoms with Crippen LogP contribution in [0.2, 0.25) is 0 Å². The zero-order valence-corrected chi connectivity index (χ0v) is 19.9. The maximum atomic E-state index is 13.7. The zero-order valence-electron chi connectivity index (χ0n) is 19.1. The summed E-state index contributed by atoms with van der Waals surface area (Å²) in [6.07, 6.45) is 0.245. The van der Waals surface area contributed by atoms with E-state index >= 15 is 0 Å². The van der Waals surface area contributed by atoms with Gasteiger partial charge in [-0.2, -0.15) is 5.26 Å². The molecule has 0 aliphatic rings. The summed E-state index contributed by atoms with van der Waals surface area (Å²) in [4.78, 5) is 13.9. The van der Waals surface area contributed by atoms with E-state index in [0.29, 0.717) is 22.7 Å². The van der Waals surface area contributed by atoms with Gasteiger partial charge in [0.2, 0.25) is 5.91 Å². The summed E-state index contributed by atoms with van der Waals surface area (Å²) in [6.45, 7) is 2.10. The summed E-state index contributed by atoms with van der Waals surface area (Å²) >= 11 is 1.76. The van der Waals surface area contributed by atoms with E-state index in [1.54, 1.807) is 48.2 Å². The Morgan fingerprint density at radius 2 is 1.77 bits per heavy atom. The molecule has 0 bridgehead atoms. The van der Waals surface area contributed by atoms with Crippen molar-refractivity contribution in [3.63, 3.8) is 0 Å². The van der Waals surface area contributed by atoms with Crippen molar-refractivity contribution >= 4 is 23.4 Å². The number of hydrogen-bond acceptors (Lipinski definition) is 4. The van der Waals surface area contributed by atoms with Gasteiger partial charge in [0.15, 0.2) is 0 Å². The van der Waals surface area contributed by atoms with Gasteiger partial charge in [0.25, 0.3) is 0 Å². The number of rotatable bonds is 8. The predicted molar refractivity (Wildman–Crippen MR) is 138 cm³/mol. The smallest absolute Gasteiger partial charge is 0.228 e. The van der Waals surface area contributed by atoms with Crippen LogP contribution in [0, 0.1) is 17.1 Å². The highest BCUT2D eigenvalue weighted by Crippen LogP contribution is 2.36. The largest absolute Gasteiger partial charge is 0.457 e. The molecule has 0 aromatic heterocycles. The number of halogens is 1. The molecule has 6 heteroatoms. The number of benzene rings is 4. The molecule has 4 aromatic rings.